The van der Waals surface area contributed by atoms with Crippen LogP contribution in [0.25, 0.3) is 0 Å². The predicted octanol–water partition coefficient (Wildman–Crippen LogP) is 3.06. The zero-order valence-corrected chi connectivity index (χ0v) is 9.76. The molecule has 6 heteroatoms. The molecule has 0 aliphatic rings. The van der Waals surface area contributed by atoms with Gasteiger partial charge in [0.25, 0.3) is 0 Å². The number of alkyl halides is 3. The highest BCUT2D eigenvalue weighted by Crippen LogP contribution is 2.34. The Labute approximate surface area is 102 Å². The van der Waals surface area contributed by atoms with Crippen LogP contribution in [0, 0.1) is 18.3 Å². The zero-order chi connectivity index (χ0) is 13.9. The molecular formula is C12H10F3NO2. The van der Waals surface area contributed by atoms with Gasteiger partial charge in [0.2, 0.25) is 0 Å². The minimum absolute atomic E-state index is 0.0871. The monoisotopic (exact) mass is 257 g/mol. The maximum atomic E-state index is 12.6. The van der Waals surface area contributed by atoms with Crippen LogP contribution in [0.3, 0.4) is 0 Å². The summed E-state index contributed by atoms with van der Waals surface area (Å²) < 4.78 is 42.5. The summed E-state index contributed by atoms with van der Waals surface area (Å²) in [4.78, 5) is 11.5. The summed E-state index contributed by atoms with van der Waals surface area (Å²) in [6.07, 6.45) is -4.55. The second-order valence-corrected chi connectivity index (χ2v) is 3.49. The van der Waals surface area contributed by atoms with E-state index >= 15 is 0 Å². The fraction of sp³-hybridized carbons (Fsp3) is 0.333. The van der Waals surface area contributed by atoms with Crippen LogP contribution >= 0.6 is 0 Å². The number of nitriles is 1. The molecule has 0 spiro atoms. The molecular weight excluding hydrogens is 247 g/mol. The van der Waals surface area contributed by atoms with E-state index in [9.17, 15) is 18.0 Å². The number of benzene rings is 1. The third-order valence-corrected chi connectivity index (χ3v) is 2.38. The number of rotatable bonds is 2. The Balaban J connectivity index is 3.40. The molecule has 0 saturated carbocycles. The van der Waals surface area contributed by atoms with Gasteiger partial charge in [0.1, 0.15) is 6.07 Å². The van der Waals surface area contributed by atoms with Gasteiger partial charge in [-0.1, -0.05) is 0 Å². The first-order valence-electron chi connectivity index (χ1n) is 5.11. The van der Waals surface area contributed by atoms with Crippen molar-refractivity contribution in [1.82, 2.24) is 0 Å². The fourth-order valence-electron chi connectivity index (χ4n) is 1.54. The van der Waals surface area contributed by atoms with Gasteiger partial charge in [-0.3, -0.25) is 0 Å². The topological polar surface area (TPSA) is 50.1 Å². The highest BCUT2D eigenvalue weighted by molar-refractivity contribution is 5.92. The molecule has 0 saturated heterocycles. The zero-order valence-electron chi connectivity index (χ0n) is 9.76. The van der Waals surface area contributed by atoms with Crippen molar-refractivity contribution in [2.45, 2.75) is 20.0 Å². The largest absolute Gasteiger partial charge is 0.462 e. The van der Waals surface area contributed by atoms with Crippen molar-refractivity contribution >= 4 is 5.97 Å². The summed E-state index contributed by atoms with van der Waals surface area (Å²) in [5.74, 6) is -0.800. The summed E-state index contributed by atoms with van der Waals surface area (Å²) in [6.45, 7) is 2.81. The molecule has 18 heavy (non-hydrogen) atoms. The van der Waals surface area contributed by atoms with E-state index in [1.807, 2.05) is 0 Å². The molecule has 1 aromatic carbocycles. The van der Waals surface area contributed by atoms with Gasteiger partial charge < -0.3 is 4.74 Å². The van der Waals surface area contributed by atoms with E-state index in [4.69, 9.17) is 5.26 Å². The molecule has 0 aromatic heterocycles. The molecule has 0 atom stereocenters. The van der Waals surface area contributed by atoms with Crippen molar-refractivity contribution in [1.29, 1.82) is 5.26 Å². The van der Waals surface area contributed by atoms with Gasteiger partial charge in [-0.05, 0) is 31.5 Å². The number of ether oxygens (including phenoxy) is 1. The van der Waals surface area contributed by atoms with Crippen molar-refractivity contribution in [3.05, 3.63) is 34.4 Å². The van der Waals surface area contributed by atoms with E-state index in [0.717, 1.165) is 19.1 Å². The predicted molar refractivity (Wildman–Crippen MR) is 56.9 cm³/mol. The lowest BCUT2D eigenvalue weighted by Crippen LogP contribution is -2.13. The molecule has 0 aliphatic heterocycles. The first-order valence-corrected chi connectivity index (χ1v) is 5.11. The highest BCUT2D eigenvalue weighted by Gasteiger charge is 2.34. The van der Waals surface area contributed by atoms with Crippen molar-refractivity contribution in [2.24, 2.45) is 0 Å². The van der Waals surface area contributed by atoms with Crippen LogP contribution in [0.15, 0.2) is 12.1 Å². The lowest BCUT2D eigenvalue weighted by Gasteiger charge is -2.13. The molecule has 0 radical (unpaired) electrons. The first-order chi connectivity index (χ1) is 8.32. The Bertz CT molecular complexity index is 515. The molecule has 0 heterocycles. The summed E-state index contributed by atoms with van der Waals surface area (Å²) in [7, 11) is 0. The second-order valence-electron chi connectivity index (χ2n) is 3.49. The van der Waals surface area contributed by atoms with E-state index in [1.54, 1.807) is 13.0 Å². The maximum Gasteiger partial charge on any atom is 0.416 e. The quantitative estimate of drug-likeness (QED) is 0.765. The van der Waals surface area contributed by atoms with E-state index in [2.05, 4.69) is 4.74 Å². The Kier molecular flexibility index (Phi) is 3.96. The molecule has 1 rings (SSSR count). The van der Waals surface area contributed by atoms with Gasteiger partial charge in [-0.25, -0.2) is 4.79 Å². The second kappa shape index (κ2) is 5.08. The Morgan fingerprint density at radius 2 is 2.06 bits per heavy atom. The highest BCUT2D eigenvalue weighted by atomic mass is 19.4. The number of carbonyl (C=O) groups is 1. The third-order valence-electron chi connectivity index (χ3n) is 2.38. The lowest BCUT2D eigenvalue weighted by molar-refractivity contribution is -0.138. The van der Waals surface area contributed by atoms with Crippen LogP contribution in [-0.2, 0) is 10.9 Å². The van der Waals surface area contributed by atoms with Crippen LogP contribution in [0.2, 0.25) is 0 Å². The van der Waals surface area contributed by atoms with Gasteiger partial charge in [0.15, 0.2) is 0 Å². The van der Waals surface area contributed by atoms with Crippen LogP contribution < -0.4 is 0 Å². The molecule has 0 fully saturated rings. The average molecular weight is 257 g/mol. The number of hydrogen-bond acceptors (Lipinski definition) is 3. The molecule has 0 aliphatic carbocycles. The Morgan fingerprint density at radius 1 is 1.44 bits per heavy atom. The van der Waals surface area contributed by atoms with Gasteiger partial charge in [-0.2, -0.15) is 18.4 Å². The number of nitrogens with zero attached hydrogens (tertiary/aromatic N) is 1. The summed E-state index contributed by atoms with van der Waals surface area (Å²) in [5.41, 5.74) is -1.64. The number of carbonyl (C=O) groups excluding carboxylic acids is 1. The first kappa shape index (κ1) is 14.0. The molecule has 0 N–H and O–H groups in total. The molecule has 0 amide bonds. The van der Waals surface area contributed by atoms with Gasteiger partial charge >= 0.3 is 12.1 Å². The lowest BCUT2D eigenvalue weighted by atomic mass is 9.97. The fourth-order valence-corrected chi connectivity index (χ4v) is 1.54. The Hall–Kier alpha value is -2.03. The van der Waals surface area contributed by atoms with E-state index in [-0.39, 0.29) is 23.3 Å². The molecule has 0 unspecified atom stereocenters. The molecule has 96 valence electrons. The molecule has 3 nitrogen and oxygen atoms in total. The molecule has 0 bridgehead atoms. The normalized spacial score (nSPS) is 10.9. The standard InChI is InChI=1S/C12H10F3NO2/c1-3-18-11(17)8-4-5-10(12(13,14)15)7(2)9(8)6-16/h4-5H,3H2,1-2H3. The van der Waals surface area contributed by atoms with Crippen molar-refractivity contribution in [3.8, 4) is 6.07 Å². The van der Waals surface area contributed by atoms with Crippen molar-refractivity contribution in [2.75, 3.05) is 6.61 Å². The van der Waals surface area contributed by atoms with Crippen LogP contribution in [0.1, 0.15) is 34.0 Å². The van der Waals surface area contributed by atoms with Gasteiger partial charge in [0.05, 0.1) is 23.3 Å². The average Bonchev–Trinajstić information content (AvgIpc) is 2.27. The minimum atomic E-state index is -4.55. The minimum Gasteiger partial charge on any atom is -0.462 e. The molecule has 1 aromatic rings. The Morgan fingerprint density at radius 3 is 2.50 bits per heavy atom. The van der Waals surface area contributed by atoms with Crippen molar-refractivity contribution in [3.63, 3.8) is 0 Å². The SMILES string of the molecule is CCOC(=O)c1ccc(C(F)(F)F)c(C)c1C#N. The van der Waals surface area contributed by atoms with E-state index in [0.29, 0.717) is 0 Å². The summed E-state index contributed by atoms with van der Waals surface area (Å²) in [6, 6.07) is 3.36. The maximum absolute atomic E-state index is 12.6. The number of halogens is 3. The summed E-state index contributed by atoms with van der Waals surface area (Å²) in [5, 5.41) is 8.88. The smallest absolute Gasteiger partial charge is 0.416 e. The van der Waals surface area contributed by atoms with Gasteiger partial charge in [-0.15, -0.1) is 0 Å². The number of hydrogen-bond donors (Lipinski definition) is 0. The van der Waals surface area contributed by atoms with Crippen LogP contribution in [-0.4, -0.2) is 12.6 Å². The third kappa shape index (κ3) is 2.62. The van der Waals surface area contributed by atoms with E-state index < -0.39 is 17.7 Å². The summed E-state index contributed by atoms with van der Waals surface area (Å²) >= 11 is 0. The van der Waals surface area contributed by atoms with Crippen molar-refractivity contribution < 1.29 is 22.7 Å². The van der Waals surface area contributed by atoms with Crippen LogP contribution in [0.5, 0.6) is 0 Å². The van der Waals surface area contributed by atoms with E-state index in [1.165, 1.54) is 0 Å². The van der Waals surface area contributed by atoms with Crippen LogP contribution in [0.4, 0.5) is 13.2 Å². The van der Waals surface area contributed by atoms with Gasteiger partial charge in [0, 0.05) is 0 Å². The number of esters is 1.